The lowest BCUT2D eigenvalue weighted by Crippen LogP contribution is -2.49. The molecule has 0 aromatic rings. The van der Waals surface area contributed by atoms with Gasteiger partial charge in [0.1, 0.15) is 0 Å². The van der Waals surface area contributed by atoms with Gasteiger partial charge in [-0.25, -0.2) is 0 Å². The zero-order valence-corrected chi connectivity index (χ0v) is 21.7. The van der Waals surface area contributed by atoms with E-state index in [9.17, 15) is 9.59 Å². The van der Waals surface area contributed by atoms with E-state index in [1.807, 2.05) is 28.2 Å². The molecule has 2 amide bonds. The molecule has 8 nitrogen and oxygen atoms in total. The number of aliphatic imine (C=N–C) groups is 1. The van der Waals surface area contributed by atoms with Crippen LogP contribution in [0.2, 0.25) is 0 Å². The molecule has 174 valence electrons. The van der Waals surface area contributed by atoms with Gasteiger partial charge in [0.25, 0.3) is 0 Å². The second-order valence-corrected chi connectivity index (χ2v) is 8.82. The molecule has 1 saturated carbocycles. The first-order valence-corrected chi connectivity index (χ1v) is 10.9. The maximum atomic E-state index is 12.7. The van der Waals surface area contributed by atoms with Gasteiger partial charge in [-0.3, -0.25) is 19.5 Å². The third-order valence-electron chi connectivity index (χ3n) is 6.24. The van der Waals surface area contributed by atoms with Gasteiger partial charge in [-0.05, 0) is 38.6 Å². The van der Waals surface area contributed by atoms with Gasteiger partial charge in [-0.15, -0.1) is 24.0 Å². The fraction of sp³-hybridized carbons (Fsp3) is 0.857. The summed E-state index contributed by atoms with van der Waals surface area (Å²) in [5.74, 6) is 1.16. The molecule has 1 aliphatic heterocycles. The van der Waals surface area contributed by atoms with Crippen molar-refractivity contribution in [1.29, 1.82) is 0 Å². The van der Waals surface area contributed by atoms with Gasteiger partial charge in [0.15, 0.2) is 5.96 Å². The van der Waals surface area contributed by atoms with E-state index in [1.54, 1.807) is 16.8 Å². The van der Waals surface area contributed by atoms with Crippen LogP contribution in [-0.4, -0.2) is 99.9 Å². The summed E-state index contributed by atoms with van der Waals surface area (Å²) in [5.41, 5.74) is -0.309. The Morgan fingerprint density at radius 2 is 1.73 bits per heavy atom. The van der Waals surface area contributed by atoms with Crippen molar-refractivity contribution >= 4 is 41.8 Å². The van der Waals surface area contributed by atoms with Crippen LogP contribution in [0.25, 0.3) is 0 Å². The maximum absolute atomic E-state index is 12.7. The molecule has 30 heavy (non-hydrogen) atoms. The van der Waals surface area contributed by atoms with E-state index in [0.29, 0.717) is 6.54 Å². The van der Waals surface area contributed by atoms with Crippen LogP contribution in [0, 0.1) is 5.41 Å². The smallest absolute Gasteiger partial charge is 0.239 e. The van der Waals surface area contributed by atoms with Crippen LogP contribution >= 0.6 is 24.0 Å². The monoisotopic (exact) mass is 536 g/mol. The second kappa shape index (κ2) is 12.7. The number of hydrogen-bond acceptors (Lipinski definition) is 4. The van der Waals surface area contributed by atoms with Gasteiger partial charge in [0, 0.05) is 54.9 Å². The molecule has 0 bridgehead atoms. The van der Waals surface area contributed by atoms with Crippen molar-refractivity contribution in [3.63, 3.8) is 0 Å². The summed E-state index contributed by atoms with van der Waals surface area (Å²) >= 11 is 0. The van der Waals surface area contributed by atoms with Crippen molar-refractivity contribution in [3.05, 3.63) is 0 Å². The Bertz CT molecular complexity index is 590. The lowest BCUT2D eigenvalue weighted by Gasteiger charge is -2.31. The van der Waals surface area contributed by atoms with Gasteiger partial charge in [-0.1, -0.05) is 12.8 Å². The molecular weight excluding hydrogens is 495 g/mol. The predicted molar refractivity (Wildman–Crippen MR) is 132 cm³/mol. The maximum Gasteiger partial charge on any atom is 0.239 e. The molecule has 1 saturated heterocycles. The largest absolute Gasteiger partial charge is 0.356 e. The van der Waals surface area contributed by atoms with Crippen molar-refractivity contribution < 1.29 is 9.59 Å². The zero-order valence-electron chi connectivity index (χ0n) is 19.4. The van der Waals surface area contributed by atoms with Gasteiger partial charge in [0.2, 0.25) is 11.8 Å². The highest BCUT2D eigenvalue weighted by Gasteiger charge is 2.42. The summed E-state index contributed by atoms with van der Waals surface area (Å²) in [4.78, 5) is 35.0. The topological polar surface area (TPSA) is 80.3 Å². The zero-order chi connectivity index (χ0) is 21.4. The van der Waals surface area contributed by atoms with Crippen LogP contribution in [0.3, 0.4) is 0 Å². The van der Waals surface area contributed by atoms with E-state index < -0.39 is 0 Å². The number of likely N-dealkylation sites (tertiary alicyclic amines) is 1. The Morgan fingerprint density at radius 3 is 2.30 bits per heavy atom. The summed E-state index contributed by atoms with van der Waals surface area (Å²) in [6, 6.07) is 0.0294. The highest BCUT2D eigenvalue weighted by Crippen LogP contribution is 2.38. The normalized spacial score (nSPS) is 21.1. The summed E-state index contributed by atoms with van der Waals surface area (Å²) < 4.78 is 0. The molecule has 1 heterocycles. The fourth-order valence-corrected chi connectivity index (χ4v) is 4.63. The predicted octanol–water partition coefficient (Wildman–Crippen LogP) is 1.36. The van der Waals surface area contributed by atoms with Crippen molar-refractivity contribution in [3.8, 4) is 0 Å². The van der Waals surface area contributed by atoms with E-state index in [2.05, 4.69) is 20.5 Å². The van der Waals surface area contributed by atoms with E-state index in [1.165, 1.54) is 0 Å². The number of halogens is 1. The minimum Gasteiger partial charge on any atom is -0.356 e. The Kier molecular flexibility index (Phi) is 11.4. The van der Waals surface area contributed by atoms with Gasteiger partial charge in [-0.2, -0.15) is 0 Å². The molecule has 2 N–H and O–H groups in total. The molecule has 1 atom stereocenters. The van der Waals surface area contributed by atoms with Crippen LogP contribution in [0.15, 0.2) is 4.99 Å². The van der Waals surface area contributed by atoms with Crippen molar-refractivity contribution in [1.82, 2.24) is 25.3 Å². The number of carbonyl (C=O) groups excluding carboxylic acids is 2. The van der Waals surface area contributed by atoms with E-state index in [0.717, 1.165) is 70.5 Å². The van der Waals surface area contributed by atoms with Gasteiger partial charge >= 0.3 is 0 Å². The number of hydrogen-bond donors (Lipinski definition) is 2. The Labute approximate surface area is 199 Å². The van der Waals surface area contributed by atoms with Crippen molar-refractivity contribution in [2.45, 2.75) is 51.0 Å². The molecule has 2 fully saturated rings. The molecule has 2 rings (SSSR count). The van der Waals surface area contributed by atoms with Crippen LogP contribution in [0.5, 0.6) is 0 Å². The van der Waals surface area contributed by atoms with Crippen molar-refractivity contribution in [2.24, 2.45) is 10.4 Å². The molecule has 9 heteroatoms. The molecule has 2 aliphatic rings. The highest BCUT2D eigenvalue weighted by molar-refractivity contribution is 14.0. The summed E-state index contributed by atoms with van der Waals surface area (Å²) in [6.07, 6.45) is 7.07. The molecule has 0 aromatic heterocycles. The number of rotatable bonds is 8. The highest BCUT2D eigenvalue weighted by atomic mass is 127. The standard InChI is InChI=1S/C21H40N6O2.HI/c1-22-20(24-16-21(11-6-7-12-21)19(29)26(4)5)23-13-9-15-27-14-8-10-17(27)18(28)25(2)3;/h17H,6-16H2,1-5H3,(H2,22,23,24);1H. The lowest BCUT2D eigenvalue weighted by atomic mass is 9.84. The van der Waals surface area contributed by atoms with Crippen LogP contribution < -0.4 is 10.6 Å². The van der Waals surface area contributed by atoms with Crippen molar-refractivity contribution in [2.75, 3.05) is 61.4 Å². The summed E-state index contributed by atoms with van der Waals surface area (Å²) in [7, 11) is 9.09. The summed E-state index contributed by atoms with van der Waals surface area (Å²) in [5, 5.41) is 6.74. The first kappa shape index (κ1) is 26.9. The third-order valence-corrected chi connectivity index (χ3v) is 6.24. The first-order chi connectivity index (χ1) is 13.8. The molecule has 0 spiro atoms. The molecular formula is C21H41IN6O2. The van der Waals surface area contributed by atoms with Gasteiger partial charge in [0.05, 0.1) is 11.5 Å². The van der Waals surface area contributed by atoms with E-state index in [-0.39, 0.29) is 47.2 Å². The van der Waals surface area contributed by atoms with Crippen LogP contribution in [0.4, 0.5) is 0 Å². The number of nitrogens with one attached hydrogen (secondary N) is 2. The number of guanidine groups is 1. The molecule has 0 radical (unpaired) electrons. The quantitative estimate of drug-likeness (QED) is 0.212. The Morgan fingerprint density at radius 1 is 1.07 bits per heavy atom. The molecule has 1 aliphatic carbocycles. The first-order valence-electron chi connectivity index (χ1n) is 10.9. The second-order valence-electron chi connectivity index (χ2n) is 8.82. The average molecular weight is 537 g/mol. The summed E-state index contributed by atoms with van der Waals surface area (Å²) in [6.45, 7) is 3.30. The fourth-order valence-electron chi connectivity index (χ4n) is 4.63. The number of amides is 2. The average Bonchev–Trinajstić information content (AvgIpc) is 3.36. The molecule has 1 unspecified atom stereocenters. The van der Waals surface area contributed by atoms with Crippen LogP contribution in [-0.2, 0) is 9.59 Å². The van der Waals surface area contributed by atoms with E-state index >= 15 is 0 Å². The van der Waals surface area contributed by atoms with Crippen LogP contribution in [0.1, 0.15) is 44.9 Å². The Hall–Kier alpha value is -1.10. The minimum atomic E-state index is -0.309. The number of nitrogens with zero attached hydrogens (tertiary/aromatic N) is 4. The lowest BCUT2D eigenvalue weighted by molar-refractivity contribution is -0.139. The third kappa shape index (κ3) is 6.96. The number of carbonyl (C=O) groups is 2. The SMILES string of the molecule is CN=C(NCCCN1CCCC1C(=O)N(C)C)NCC1(C(=O)N(C)C)CCCC1.I. The van der Waals surface area contributed by atoms with E-state index in [4.69, 9.17) is 0 Å². The Balaban J connectivity index is 0.00000450. The minimum absolute atomic E-state index is 0. The van der Waals surface area contributed by atoms with Gasteiger partial charge < -0.3 is 20.4 Å². The molecule has 0 aromatic carbocycles. The number of likely N-dealkylation sites (N-methyl/N-ethyl adjacent to an activating group) is 1.